The first-order valence-corrected chi connectivity index (χ1v) is 5.33. The fourth-order valence-electron chi connectivity index (χ4n) is 1.35. The lowest BCUT2D eigenvalue weighted by molar-refractivity contribution is 0.609. The summed E-state index contributed by atoms with van der Waals surface area (Å²) in [5.74, 6) is 0.819. The predicted molar refractivity (Wildman–Crippen MR) is 59.8 cm³/mol. The molecule has 1 aliphatic rings. The molecule has 1 aromatic heterocycles. The van der Waals surface area contributed by atoms with E-state index in [0.29, 0.717) is 5.41 Å². The van der Waals surface area contributed by atoms with E-state index in [-0.39, 0.29) is 0 Å². The highest BCUT2D eigenvalue weighted by molar-refractivity contribution is 6.33. The second kappa shape index (κ2) is 3.43. The maximum atomic E-state index is 6.12. The Labute approximate surface area is 89.7 Å². The normalized spacial score (nSPS) is 17.9. The van der Waals surface area contributed by atoms with Crippen molar-refractivity contribution < 1.29 is 0 Å². The molecule has 0 bridgehead atoms. The van der Waals surface area contributed by atoms with Crippen LogP contribution in [0.1, 0.15) is 25.3 Å². The predicted octanol–water partition coefficient (Wildman–Crippen LogP) is 3.26. The smallest absolute Gasteiger partial charge is 0.145 e. The minimum absolute atomic E-state index is 0.481. The van der Waals surface area contributed by atoms with Gasteiger partial charge in [0.15, 0.2) is 0 Å². The molecule has 0 spiro atoms. The van der Waals surface area contributed by atoms with Crippen LogP contribution in [-0.4, -0.2) is 11.5 Å². The fraction of sp³-hybridized carbons (Fsp3) is 0.545. The molecule has 14 heavy (non-hydrogen) atoms. The maximum absolute atomic E-state index is 6.12. The van der Waals surface area contributed by atoms with Crippen molar-refractivity contribution >= 4 is 17.4 Å². The molecule has 2 nitrogen and oxygen atoms in total. The molecule has 0 radical (unpaired) electrons. The van der Waals surface area contributed by atoms with Gasteiger partial charge in [-0.25, -0.2) is 4.98 Å². The van der Waals surface area contributed by atoms with Crippen LogP contribution in [0.15, 0.2) is 12.3 Å². The Morgan fingerprint density at radius 2 is 2.29 bits per heavy atom. The molecule has 3 heteroatoms. The number of halogens is 1. The van der Waals surface area contributed by atoms with Crippen molar-refractivity contribution in [2.24, 2.45) is 5.41 Å². The molecule has 0 aromatic carbocycles. The Morgan fingerprint density at radius 1 is 1.57 bits per heavy atom. The van der Waals surface area contributed by atoms with Gasteiger partial charge in [-0.3, -0.25) is 0 Å². The van der Waals surface area contributed by atoms with Gasteiger partial charge in [-0.05, 0) is 36.8 Å². The molecule has 2 rings (SSSR count). The zero-order chi connectivity index (χ0) is 10.2. The molecule has 1 aromatic rings. The van der Waals surface area contributed by atoms with Gasteiger partial charge >= 0.3 is 0 Å². The SMILES string of the molecule is Cc1ccnc(NCC2(C)CC2)c1Cl. The third-order valence-corrected chi connectivity index (χ3v) is 3.35. The van der Waals surface area contributed by atoms with Crippen molar-refractivity contribution in [1.82, 2.24) is 4.98 Å². The third kappa shape index (κ3) is 2.01. The summed E-state index contributed by atoms with van der Waals surface area (Å²) in [6, 6.07) is 1.92. The summed E-state index contributed by atoms with van der Waals surface area (Å²) >= 11 is 6.12. The van der Waals surface area contributed by atoms with E-state index >= 15 is 0 Å². The van der Waals surface area contributed by atoms with E-state index in [1.807, 2.05) is 13.0 Å². The first-order chi connectivity index (χ1) is 6.61. The standard InChI is InChI=1S/C11H15ClN2/c1-8-3-6-13-10(9(8)12)14-7-11(2)4-5-11/h3,6H,4-5,7H2,1-2H3,(H,13,14). The van der Waals surface area contributed by atoms with E-state index in [0.717, 1.165) is 22.9 Å². The molecule has 0 atom stereocenters. The van der Waals surface area contributed by atoms with Crippen molar-refractivity contribution in [2.45, 2.75) is 26.7 Å². The first kappa shape index (κ1) is 9.78. The third-order valence-electron chi connectivity index (χ3n) is 2.87. The van der Waals surface area contributed by atoms with Crippen LogP contribution >= 0.6 is 11.6 Å². The summed E-state index contributed by atoms with van der Waals surface area (Å²) in [4.78, 5) is 4.23. The van der Waals surface area contributed by atoms with Crippen LogP contribution in [0.25, 0.3) is 0 Å². The molecular formula is C11H15ClN2. The Bertz CT molecular complexity index is 345. The number of anilines is 1. The summed E-state index contributed by atoms with van der Waals surface area (Å²) in [6.45, 7) is 5.25. The number of aromatic nitrogens is 1. The van der Waals surface area contributed by atoms with Crippen LogP contribution in [0.3, 0.4) is 0 Å². The lowest BCUT2D eigenvalue weighted by Gasteiger charge is -2.12. The Balaban J connectivity index is 2.05. The zero-order valence-corrected chi connectivity index (χ0v) is 9.36. The van der Waals surface area contributed by atoms with Gasteiger partial charge in [0.25, 0.3) is 0 Å². The molecule has 0 aliphatic heterocycles. The number of hydrogen-bond donors (Lipinski definition) is 1. The Hall–Kier alpha value is -0.760. The Kier molecular flexibility index (Phi) is 2.40. The van der Waals surface area contributed by atoms with E-state index in [4.69, 9.17) is 11.6 Å². The lowest BCUT2D eigenvalue weighted by Crippen LogP contribution is -2.13. The van der Waals surface area contributed by atoms with E-state index in [1.54, 1.807) is 6.20 Å². The van der Waals surface area contributed by atoms with Gasteiger partial charge in [0.1, 0.15) is 5.82 Å². The molecule has 0 unspecified atom stereocenters. The summed E-state index contributed by atoms with van der Waals surface area (Å²) in [7, 11) is 0. The van der Waals surface area contributed by atoms with Gasteiger partial charge in [0.05, 0.1) is 5.02 Å². The molecule has 1 N–H and O–H groups in total. The van der Waals surface area contributed by atoms with Gasteiger partial charge < -0.3 is 5.32 Å². The average molecular weight is 211 g/mol. The van der Waals surface area contributed by atoms with Crippen LogP contribution in [0.4, 0.5) is 5.82 Å². The second-order valence-corrected chi connectivity index (χ2v) is 4.83. The van der Waals surface area contributed by atoms with E-state index in [9.17, 15) is 0 Å². The molecule has 1 aliphatic carbocycles. The molecule has 1 fully saturated rings. The minimum Gasteiger partial charge on any atom is -0.368 e. The highest BCUT2D eigenvalue weighted by atomic mass is 35.5. The Morgan fingerprint density at radius 3 is 2.93 bits per heavy atom. The lowest BCUT2D eigenvalue weighted by atomic mass is 10.1. The van der Waals surface area contributed by atoms with Gasteiger partial charge in [-0.1, -0.05) is 18.5 Å². The molecule has 0 amide bonds. The van der Waals surface area contributed by atoms with Crippen molar-refractivity contribution in [3.05, 3.63) is 22.8 Å². The maximum Gasteiger partial charge on any atom is 0.145 e. The van der Waals surface area contributed by atoms with E-state index in [1.165, 1.54) is 12.8 Å². The molecule has 1 heterocycles. The highest BCUT2D eigenvalue weighted by Gasteiger charge is 2.36. The van der Waals surface area contributed by atoms with Crippen LogP contribution in [0.2, 0.25) is 5.02 Å². The van der Waals surface area contributed by atoms with E-state index < -0.39 is 0 Å². The largest absolute Gasteiger partial charge is 0.368 e. The minimum atomic E-state index is 0.481. The highest BCUT2D eigenvalue weighted by Crippen LogP contribution is 2.44. The van der Waals surface area contributed by atoms with Crippen molar-refractivity contribution in [3.8, 4) is 0 Å². The van der Waals surface area contributed by atoms with Crippen molar-refractivity contribution in [1.29, 1.82) is 0 Å². The van der Waals surface area contributed by atoms with Gasteiger partial charge in [0.2, 0.25) is 0 Å². The van der Waals surface area contributed by atoms with E-state index in [2.05, 4.69) is 17.2 Å². The van der Waals surface area contributed by atoms with Gasteiger partial charge in [0, 0.05) is 12.7 Å². The number of aryl methyl sites for hydroxylation is 1. The molecule has 1 saturated carbocycles. The summed E-state index contributed by atoms with van der Waals surface area (Å²) < 4.78 is 0. The number of rotatable bonds is 3. The van der Waals surface area contributed by atoms with Crippen LogP contribution in [-0.2, 0) is 0 Å². The number of hydrogen-bond acceptors (Lipinski definition) is 2. The molecular weight excluding hydrogens is 196 g/mol. The number of nitrogens with one attached hydrogen (secondary N) is 1. The molecule has 76 valence electrons. The second-order valence-electron chi connectivity index (χ2n) is 4.45. The van der Waals surface area contributed by atoms with Crippen LogP contribution < -0.4 is 5.32 Å². The van der Waals surface area contributed by atoms with Crippen molar-refractivity contribution in [2.75, 3.05) is 11.9 Å². The van der Waals surface area contributed by atoms with Crippen molar-refractivity contribution in [3.63, 3.8) is 0 Å². The first-order valence-electron chi connectivity index (χ1n) is 4.96. The van der Waals surface area contributed by atoms with Gasteiger partial charge in [-0.15, -0.1) is 0 Å². The molecule has 0 saturated heterocycles. The topological polar surface area (TPSA) is 24.9 Å². The van der Waals surface area contributed by atoms with Crippen LogP contribution in [0.5, 0.6) is 0 Å². The number of nitrogens with zero attached hydrogens (tertiary/aromatic N) is 1. The average Bonchev–Trinajstić information content (AvgIpc) is 2.88. The van der Waals surface area contributed by atoms with Gasteiger partial charge in [-0.2, -0.15) is 0 Å². The fourth-order valence-corrected chi connectivity index (χ4v) is 1.53. The summed E-state index contributed by atoms with van der Waals surface area (Å²) in [6.07, 6.45) is 4.41. The zero-order valence-electron chi connectivity index (χ0n) is 8.60. The monoisotopic (exact) mass is 210 g/mol. The quantitative estimate of drug-likeness (QED) is 0.829. The summed E-state index contributed by atoms with van der Waals surface area (Å²) in [5.41, 5.74) is 1.56. The number of pyridine rings is 1. The van der Waals surface area contributed by atoms with Crippen LogP contribution in [0, 0.1) is 12.3 Å². The summed E-state index contributed by atoms with van der Waals surface area (Å²) in [5, 5.41) is 4.06.